The summed E-state index contributed by atoms with van der Waals surface area (Å²) in [7, 11) is 0. The van der Waals surface area contributed by atoms with Gasteiger partial charge >= 0.3 is 6.61 Å². The number of Topliss-reactive ketones (excluding diaryl/α,β-unsaturated/α-hetero) is 1. The van der Waals surface area contributed by atoms with E-state index in [-0.39, 0.29) is 18.1 Å². The highest BCUT2D eigenvalue weighted by Crippen LogP contribution is 2.21. The van der Waals surface area contributed by atoms with Crippen molar-refractivity contribution in [1.82, 2.24) is 0 Å². The van der Waals surface area contributed by atoms with Crippen LogP contribution in [0.15, 0.2) is 53.5 Å². The molecule has 0 saturated carbocycles. The quantitative estimate of drug-likeness (QED) is 0.636. The summed E-state index contributed by atoms with van der Waals surface area (Å²) in [6.45, 7) is 0.0559. The summed E-state index contributed by atoms with van der Waals surface area (Å²) >= 11 is 0. The average molecular weight is 386 g/mol. The number of hydrogen-bond donors (Lipinski definition) is 0. The third kappa shape index (κ3) is 5.38. The lowest BCUT2D eigenvalue weighted by Crippen LogP contribution is -2.36. The molecule has 0 aliphatic carbocycles. The molecule has 0 saturated heterocycles. The van der Waals surface area contributed by atoms with Crippen molar-refractivity contribution >= 4 is 17.3 Å². The first-order valence-corrected chi connectivity index (χ1v) is 9.48. The van der Waals surface area contributed by atoms with Gasteiger partial charge in [-0.05, 0) is 56.2 Å². The van der Waals surface area contributed by atoms with Crippen molar-refractivity contribution in [2.45, 2.75) is 39.2 Å². The second kappa shape index (κ2) is 9.44. The van der Waals surface area contributed by atoms with Crippen molar-refractivity contribution in [3.63, 3.8) is 0 Å². The molecular formula is C22H24F2N2O2. The average Bonchev–Trinajstić information content (AvgIpc) is 2.96. The summed E-state index contributed by atoms with van der Waals surface area (Å²) in [5.74, 6) is 0.860. The highest BCUT2D eigenvalue weighted by atomic mass is 19.3. The summed E-state index contributed by atoms with van der Waals surface area (Å²) < 4.78 is 28.9. The summed E-state index contributed by atoms with van der Waals surface area (Å²) in [4.78, 5) is 19.5. The van der Waals surface area contributed by atoms with E-state index >= 15 is 0 Å². The lowest BCUT2D eigenvalue weighted by molar-refractivity contribution is -0.0498. The molecular weight excluding hydrogens is 362 g/mol. The van der Waals surface area contributed by atoms with Crippen molar-refractivity contribution in [2.24, 2.45) is 4.99 Å². The van der Waals surface area contributed by atoms with Gasteiger partial charge in [-0.15, -0.1) is 0 Å². The van der Waals surface area contributed by atoms with Crippen LogP contribution in [-0.2, 0) is 0 Å². The van der Waals surface area contributed by atoms with E-state index in [9.17, 15) is 13.6 Å². The number of benzene rings is 2. The number of carbonyl (C=O) groups excluding carboxylic acids is 1. The molecule has 0 fully saturated rings. The zero-order valence-electron chi connectivity index (χ0n) is 15.9. The number of halogens is 2. The van der Waals surface area contributed by atoms with E-state index in [2.05, 4.69) is 4.74 Å². The number of alkyl halides is 2. The molecule has 1 heterocycles. The van der Waals surface area contributed by atoms with Gasteiger partial charge < -0.3 is 9.64 Å². The lowest BCUT2D eigenvalue weighted by atomic mass is 10.1. The fraction of sp³-hybridized carbons (Fsp3) is 0.364. The van der Waals surface area contributed by atoms with Gasteiger partial charge in [-0.25, -0.2) is 0 Å². The number of hydrogen-bond acceptors (Lipinski definition) is 4. The fourth-order valence-corrected chi connectivity index (χ4v) is 3.19. The molecule has 0 unspecified atom stereocenters. The zero-order valence-corrected chi connectivity index (χ0v) is 15.9. The highest BCUT2D eigenvalue weighted by molar-refractivity contribution is 6.07. The Morgan fingerprint density at radius 1 is 1.07 bits per heavy atom. The van der Waals surface area contributed by atoms with Crippen molar-refractivity contribution < 1.29 is 18.3 Å². The molecule has 0 N–H and O–H groups in total. The maximum atomic E-state index is 12.9. The Labute approximate surface area is 163 Å². The van der Waals surface area contributed by atoms with Crippen molar-refractivity contribution in [1.29, 1.82) is 0 Å². The van der Waals surface area contributed by atoms with Crippen LogP contribution in [0.25, 0.3) is 0 Å². The van der Waals surface area contributed by atoms with Crippen LogP contribution in [0, 0.1) is 6.92 Å². The van der Waals surface area contributed by atoms with Crippen LogP contribution < -0.4 is 9.64 Å². The summed E-state index contributed by atoms with van der Waals surface area (Å²) in [6.07, 6.45) is 4.08. The summed E-state index contributed by atoms with van der Waals surface area (Å²) in [6, 6.07) is 13.8. The Morgan fingerprint density at radius 3 is 2.46 bits per heavy atom. The number of rotatable bonds is 6. The standard InChI is InChI=1S/C22H24F2N2O2/c1-16-6-10-18(11-7-16)26(21-5-3-2-4-14-25-21)15-20(27)17-8-12-19(13-9-17)28-22(23)24/h6-13,22H,2-5,14-15H2,1H3. The Hall–Kier alpha value is -2.76. The molecule has 2 aromatic rings. The molecule has 6 heteroatoms. The summed E-state index contributed by atoms with van der Waals surface area (Å²) in [5, 5.41) is 0. The van der Waals surface area contributed by atoms with Gasteiger partial charge in [-0.3, -0.25) is 9.79 Å². The molecule has 4 nitrogen and oxygen atoms in total. The minimum Gasteiger partial charge on any atom is -0.435 e. The molecule has 0 aromatic heterocycles. The molecule has 0 spiro atoms. The minimum absolute atomic E-state index is 0.0371. The first kappa shape index (κ1) is 20.0. The van der Waals surface area contributed by atoms with Gasteiger partial charge in [0.1, 0.15) is 11.6 Å². The van der Waals surface area contributed by atoms with Gasteiger partial charge in [0, 0.05) is 24.2 Å². The van der Waals surface area contributed by atoms with E-state index in [4.69, 9.17) is 4.99 Å². The monoisotopic (exact) mass is 386 g/mol. The first-order valence-electron chi connectivity index (χ1n) is 9.48. The summed E-state index contributed by atoms with van der Waals surface area (Å²) in [5.41, 5.74) is 2.53. The van der Waals surface area contributed by atoms with Crippen LogP contribution in [0.4, 0.5) is 14.5 Å². The number of ketones is 1. The number of ether oxygens (including phenoxy) is 1. The van der Waals surface area contributed by atoms with E-state index in [0.717, 1.165) is 49.3 Å². The van der Waals surface area contributed by atoms with Crippen LogP contribution in [0.5, 0.6) is 5.75 Å². The second-order valence-electron chi connectivity index (χ2n) is 6.86. The van der Waals surface area contributed by atoms with Gasteiger partial charge in [0.15, 0.2) is 5.78 Å². The van der Waals surface area contributed by atoms with Crippen LogP contribution in [-0.4, -0.2) is 31.3 Å². The van der Waals surface area contributed by atoms with Gasteiger partial charge in [0.25, 0.3) is 0 Å². The van der Waals surface area contributed by atoms with Crippen molar-refractivity contribution in [3.8, 4) is 5.75 Å². The van der Waals surface area contributed by atoms with Gasteiger partial charge in [-0.1, -0.05) is 24.1 Å². The van der Waals surface area contributed by atoms with Crippen LogP contribution in [0.2, 0.25) is 0 Å². The van der Waals surface area contributed by atoms with Gasteiger partial charge in [0.2, 0.25) is 0 Å². The van der Waals surface area contributed by atoms with Crippen LogP contribution in [0.1, 0.15) is 41.6 Å². The van der Waals surface area contributed by atoms with E-state index in [1.807, 2.05) is 36.1 Å². The number of nitrogens with zero attached hydrogens (tertiary/aromatic N) is 2. The van der Waals surface area contributed by atoms with Gasteiger partial charge in [0.05, 0.1) is 6.54 Å². The first-order chi connectivity index (χ1) is 13.5. The Kier molecular flexibility index (Phi) is 6.74. The van der Waals surface area contributed by atoms with Crippen LogP contribution >= 0.6 is 0 Å². The number of aryl methyl sites for hydroxylation is 1. The molecule has 1 aliphatic rings. The molecule has 0 radical (unpaired) electrons. The van der Waals surface area contributed by atoms with Crippen molar-refractivity contribution in [2.75, 3.05) is 18.0 Å². The van der Waals surface area contributed by atoms with E-state index in [0.29, 0.717) is 5.56 Å². The maximum absolute atomic E-state index is 12.9. The van der Waals surface area contributed by atoms with E-state index in [1.165, 1.54) is 24.3 Å². The van der Waals surface area contributed by atoms with Crippen LogP contribution in [0.3, 0.4) is 0 Å². The molecule has 148 valence electrons. The molecule has 0 amide bonds. The molecule has 1 aliphatic heterocycles. The number of amidine groups is 1. The third-order valence-corrected chi connectivity index (χ3v) is 4.71. The molecule has 3 rings (SSSR count). The second-order valence-corrected chi connectivity index (χ2v) is 6.86. The third-order valence-electron chi connectivity index (χ3n) is 4.71. The maximum Gasteiger partial charge on any atom is 0.387 e. The minimum atomic E-state index is -2.88. The Bertz CT molecular complexity index is 817. The predicted molar refractivity (Wildman–Crippen MR) is 107 cm³/mol. The predicted octanol–water partition coefficient (Wildman–Crippen LogP) is 5.26. The molecule has 0 bridgehead atoms. The molecule has 2 aromatic carbocycles. The van der Waals surface area contributed by atoms with E-state index < -0.39 is 6.61 Å². The highest BCUT2D eigenvalue weighted by Gasteiger charge is 2.19. The number of anilines is 1. The van der Waals surface area contributed by atoms with Crippen molar-refractivity contribution in [3.05, 3.63) is 59.7 Å². The Balaban J connectivity index is 1.81. The Morgan fingerprint density at radius 2 is 1.79 bits per heavy atom. The smallest absolute Gasteiger partial charge is 0.387 e. The topological polar surface area (TPSA) is 41.9 Å². The normalized spacial score (nSPS) is 14.4. The van der Waals surface area contributed by atoms with Gasteiger partial charge in [-0.2, -0.15) is 8.78 Å². The lowest BCUT2D eigenvalue weighted by Gasteiger charge is -2.26. The largest absolute Gasteiger partial charge is 0.435 e. The molecule has 28 heavy (non-hydrogen) atoms. The molecule has 0 atom stereocenters. The fourth-order valence-electron chi connectivity index (χ4n) is 3.19. The number of aliphatic imine (C=N–C) groups is 1. The van der Waals surface area contributed by atoms with E-state index in [1.54, 1.807) is 0 Å². The zero-order chi connectivity index (χ0) is 19.9. The SMILES string of the molecule is Cc1ccc(N(CC(=O)c2ccc(OC(F)F)cc2)C2=NCCCCC2)cc1. The number of carbonyl (C=O) groups is 1.